The predicted molar refractivity (Wildman–Crippen MR) is 147 cm³/mol. The van der Waals surface area contributed by atoms with Gasteiger partial charge in [-0.3, -0.25) is 4.79 Å². The van der Waals surface area contributed by atoms with Crippen molar-refractivity contribution in [3.63, 3.8) is 0 Å². The second kappa shape index (κ2) is 11.1. The second-order valence-electron chi connectivity index (χ2n) is 9.27. The Morgan fingerprint density at radius 3 is 2.54 bits per heavy atom. The molecule has 0 radical (unpaired) electrons. The van der Waals surface area contributed by atoms with E-state index in [4.69, 9.17) is 4.74 Å². The summed E-state index contributed by atoms with van der Waals surface area (Å²) >= 11 is 1.73. The molecular formula is C29H35N3O2S. The molecule has 2 heterocycles. The third-order valence-electron chi connectivity index (χ3n) is 6.34. The predicted octanol–water partition coefficient (Wildman–Crippen LogP) is 6.06. The number of hydrogen-bond acceptors (Lipinski definition) is 5. The van der Waals surface area contributed by atoms with Crippen molar-refractivity contribution in [2.45, 2.75) is 43.7 Å². The van der Waals surface area contributed by atoms with Gasteiger partial charge in [0.25, 0.3) is 5.56 Å². The molecule has 0 amide bonds. The summed E-state index contributed by atoms with van der Waals surface area (Å²) in [5, 5.41) is 3.67. The third kappa shape index (κ3) is 6.31. The molecule has 35 heavy (non-hydrogen) atoms. The number of ether oxygens (including phenoxy) is 1. The van der Waals surface area contributed by atoms with Gasteiger partial charge in [0.05, 0.1) is 0 Å². The molecule has 1 aromatic carbocycles. The number of benzene rings is 1. The first-order valence-electron chi connectivity index (χ1n) is 12.1. The molecule has 1 aliphatic heterocycles. The molecule has 5 nitrogen and oxygen atoms in total. The lowest BCUT2D eigenvalue weighted by atomic mass is 10.0. The minimum atomic E-state index is -0.0477. The van der Waals surface area contributed by atoms with Crippen molar-refractivity contribution in [2.24, 2.45) is 7.05 Å². The Morgan fingerprint density at radius 1 is 1.06 bits per heavy atom. The Kier molecular flexibility index (Phi) is 7.91. The maximum absolute atomic E-state index is 12.9. The van der Waals surface area contributed by atoms with Crippen LogP contribution in [0.5, 0.6) is 0 Å². The van der Waals surface area contributed by atoms with Crippen LogP contribution >= 0.6 is 11.8 Å². The zero-order valence-corrected chi connectivity index (χ0v) is 22.1. The standard InChI is InChI=1S/C29H35N3O2S/c1-20-10-16-28(33)32(4)26(23-12-17-29(31(3)19-23)34-24-13-14-24)15-11-22(18-20)21(2)30-25-8-6-7-9-27(25)35-5/h6-12,15-18,21,24,30H,13-14,19H2,1-5H3/t21-/m1/s1. The topological polar surface area (TPSA) is 46.5 Å². The van der Waals surface area contributed by atoms with Crippen molar-refractivity contribution in [3.8, 4) is 0 Å². The molecule has 4 rings (SSSR count). The quantitative estimate of drug-likeness (QED) is 0.479. The Labute approximate surface area is 212 Å². The van der Waals surface area contributed by atoms with Crippen LogP contribution in [-0.4, -0.2) is 35.4 Å². The minimum absolute atomic E-state index is 0.0477. The molecule has 1 N–H and O–H groups in total. The Bertz CT molecular complexity index is 1260. The van der Waals surface area contributed by atoms with Gasteiger partial charge >= 0.3 is 0 Å². The van der Waals surface area contributed by atoms with Gasteiger partial charge in [0.2, 0.25) is 0 Å². The summed E-state index contributed by atoms with van der Waals surface area (Å²) in [4.78, 5) is 16.2. The lowest BCUT2D eigenvalue weighted by Gasteiger charge is -2.27. The van der Waals surface area contributed by atoms with Gasteiger partial charge < -0.3 is 19.5 Å². The van der Waals surface area contributed by atoms with Crippen molar-refractivity contribution in [1.82, 2.24) is 9.47 Å². The normalized spacial score (nSPS) is 16.1. The SMILES string of the molecule is CSc1ccccc1N[C@H](C)c1ccc(C2=CC=C(OC3CC3)N(C)C2)n(C)c(=O)ccc(C)c1. The first-order chi connectivity index (χ1) is 16.9. The zero-order valence-electron chi connectivity index (χ0n) is 21.2. The van der Waals surface area contributed by atoms with E-state index in [1.165, 1.54) is 4.90 Å². The van der Waals surface area contributed by atoms with Crippen LogP contribution in [0.3, 0.4) is 0 Å². The van der Waals surface area contributed by atoms with E-state index < -0.39 is 0 Å². The lowest BCUT2D eigenvalue weighted by Crippen LogP contribution is -2.27. The van der Waals surface area contributed by atoms with E-state index in [9.17, 15) is 4.79 Å². The highest BCUT2D eigenvalue weighted by molar-refractivity contribution is 7.98. The van der Waals surface area contributed by atoms with Crippen LogP contribution in [0.4, 0.5) is 5.69 Å². The molecule has 0 spiro atoms. The van der Waals surface area contributed by atoms with Gasteiger partial charge in [-0.2, -0.15) is 0 Å². The van der Waals surface area contributed by atoms with Crippen molar-refractivity contribution in [2.75, 3.05) is 25.2 Å². The van der Waals surface area contributed by atoms with Crippen LogP contribution in [0, 0.1) is 6.92 Å². The molecule has 184 valence electrons. The summed E-state index contributed by atoms with van der Waals surface area (Å²) in [6, 6.07) is 18.3. The fraction of sp³-hybridized carbons (Fsp3) is 0.345. The summed E-state index contributed by atoms with van der Waals surface area (Å²) in [6.07, 6.45) is 8.80. The number of rotatable bonds is 7. The molecule has 1 atom stereocenters. The fourth-order valence-corrected chi connectivity index (χ4v) is 4.65. The molecule has 1 aromatic heterocycles. The molecule has 0 unspecified atom stereocenters. The van der Waals surface area contributed by atoms with Gasteiger partial charge in [0.1, 0.15) is 6.10 Å². The van der Waals surface area contributed by atoms with Crippen LogP contribution in [0.25, 0.3) is 5.57 Å². The van der Waals surface area contributed by atoms with E-state index in [1.54, 1.807) is 22.4 Å². The fourth-order valence-electron chi connectivity index (χ4n) is 4.09. The molecule has 0 saturated heterocycles. The number of hydrogen-bond donors (Lipinski definition) is 1. The monoisotopic (exact) mass is 489 g/mol. The molecule has 1 aliphatic carbocycles. The highest BCUT2D eigenvalue weighted by Gasteiger charge is 2.26. The van der Waals surface area contributed by atoms with Crippen LogP contribution in [0.2, 0.25) is 0 Å². The maximum Gasteiger partial charge on any atom is 0.250 e. The van der Waals surface area contributed by atoms with E-state index in [0.29, 0.717) is 12.6 Å². The highest BCUT2D eigenvalue weighted by atomic mass is 32.2. The number of aromatic nitrogens is 1. The summed E-state index contributed by atoms with van der Waals surface area (Å²) in [7, 11) is 3.87. The van der Waals surface area contributed by atoms with Crippen LogP contribution < -0.4 is 10.9 Å². The van der Waals surface area contributed by atoms with E-state index in [-0.39, 0.29) is 11.6 Å². The molecule has 1 fully saturated rings. The molecular weight excluding hydrogens is 454 g/mol. The van der Waals surface area contributed by atoms with Gasteiger partial charge in [0.15, 0.2) is 5.88 Å². The average Bonchev–Trinajstić information content (AvgIpc) is 3.67. The van der Waals surface area contributed by atoms with Crippen molar-refractivity contribution < 1.29 is 4.74 Å². The average molecular weight is 490 g/mol. The van der Waals surface area contributed by atoms with Crippen molar-refractivity contribution >= 4 is 23.0 Å². The van der Waals surface area contributed by atoms with Gasteiger partial charge in [-0.05, 0) is 74.4 Å². The summed E-state index contributed by atoms with van der Waals surface area (Å²) < 4.78 is 7.74. The number of allylic oxidation sites excluding steroid dienone is 2. The Balaban J connectivity index is 1.74. The van der Waals surface area contributed by atoms with Gasteiger partial charge in [-0.25, -0.2) is 0 Å². The second-order valence-corrected chi connectivity index (χ2v) is 10.1. The Hall–Kier alpha value is -3.12. The van der Waals surface area contributed by atoms with Gasteiger partial charge in [-0.15, -0.1) is 11.8 Å². The molecule has 2 aliphatic rings. The number of nitrogens with one attached hydrogen (secondary N) is 1. The molecule has 0 bridgehead atoms. The molecule has 1 saturated carbocycles. The maximum atomic E-state index is 12.9. The van der Waals surface area contributed by atoms with Crippen molar-refractivity contribution in [1.29, 1.82) is 0 Å². The van der Waals surface area contributed by atoms with Gasteiger partial charge in [0, 0.05) is 49.0 Å². The van der Waals surface area contributed by atoms with Crippen LogP contribution in [0.15, 0.2) is 82.3 Å². The summed E-state index contributed by atoms with van der Waals surface area (Å²) in [5.41, 5.74) is 5.20. The van der Waals surface area contributed by atoms with E-state index in [1.807, 2.05) is 33.2 Å². The van der Waals surface area contributed by atoms with E-state index in [2.05, 4.69) is 71.9 Å². The molecule has 2 aromatic rings. The summed E-state index contributed by atoms with van der Waals surface area (Å²) in [5.74, 6) is 0.894. The number of thioether (sulfide) groups is 1. The lowest BCUT2D eigenvalue weighted by molar-refractivity contribution is 0.121. The largest absolute Gasteiger partial charge is 0.476 e. The highest BCUT2D eigenvalue weighted by Crippen LogP contribution is 2.31. The third-order valence-corrected chi connectivity index (χ3v) is 7.14. The number of nitrogens with zero attached hydrogens (tertiary/aromatic N) is 2. The van der Waals surface area contributed by atoms with E-state index >= 15 is 0 Å². The van der Waals surface area contributed by atoms with Crippen LogP contribution in [-0.2, 0) is 11.8 Å². The smallest absolute Gasteiger partial charge is 0.250 e. The number of likely N-dealkylation sites (N-methyl/N-ethyl adjacent to an activating group) is 1. The Morgan fingerprint density at radius 2 is 1.83 bits per heavy atom. The van der Waals surface area contributed by atoms with Crippen molar-refractivity contribution in [3.05, 3.63) is 99.8 Å². The minimum Gasteiger partial charge on any atom is -0.476 e. The van der Waals surface area contributed by atoms with Gasteiger partial charge in [-0.1, -0.05) is 35.9 Å². The first-order valence-corrected chi connectivity index (χ1v) is 13.3. The number of aryl methyl sites for hydroxylation is 1. The summed E-state index contributed by atoms with van der Waals surface area (Å²) in [6.45, 7) is 4.87. The zero-order chi connectivity index (χ0) is 24.9. The number of para-hydroxylation sites is 1. The first kappa shape index (κ1) is 25.0. The van der Waals surface area contributed by atoms with E-state index in [0.717, 1.165) is 46.8 Å². The molecule has 6 heteroatoms. The number of anilines is 1. The van der Waals surface area contributed by atoms with Crippen LogP contribution in [0.1, 0.15) is 42.6 Å².